The zero-order valence-electron chi connectivity index (χ0n) is 15.3. The maximum Gasteiger partial charge on any atom is 0.412 e. The highest BCUT2D eigenvalue weighted by molar-refractivity contribution is 5.76. The van der Waals surface area contributed by atoms with Crippen molar-refractivity contribution in [2.75, 3.05) is 20.1 Å². The minimum Gasteiger partial charge on any atom is -0.481 e. The maximum absolute atomic E-state index is 12.2. The summed E-state index contributed by atoms with van der Waals surface area (Å²) in [4.78, 5) is 35.4. The molecule has 0 aliphatic carbocycles. The van der Waals surface area contributed by atoms with Crippen LogP contribution >= 0.6 is 0 Å². The van der Waals surface area contributed by atoms with Crippen molar-refractivity contribution in [3.8, 4) is 11.5 Å². The summed E-state index contributed by atoms with van der Waals surface area (Å²) in [7, 11) is 0. The van der Waals surface area contributed by atoms with Crippen molar-refractivity contribution in [2.24, 2.45) is 0 Å². The molecule has 0 bridgehead atoms. The first-order valence-corrected chi connectivity index (χ1v) is 8.60. The molecule has 9 heteroatoms. The summed E-state index contributed by atoms with van der Waals surface area (Å²) < 4.78 is 20.3. The number of esters is 1. The minimum absolute atomic E-state index is 0.161. The van der Waals surface area contributed by atoms with Gasteiger partial charge in [-0.1, -0.05) is 6.07 Å². The summed E-state index contributed by atoms with van der Waals surface area (Å²) in [5.41, 5.74) is 0.984. The number of amides is 1. The lowest BCUT2D eigenvalue weighted by molar-refractivity contribution is -0.155. The number of carbonyl (C=O) groups excluding carboxylic acids is 2. The Morgan fingerprint density at radius 2 is 1.93 bits per heavy atom. The van der Waals surface area contributed by atoms with Gasteiger partial charge in [-0.2, -0.15) is 0 Å². The van der Waals surface area contributed by atoms with Crippen LogP contribution in [0.3, 0.4) is 0 Å². The van der Waals surface area contributed by atoms with Gasteiger partial charge in [0.25, 0.3) is 0 Å². The first-order chi connectivity index (χ1) is 12.9. The van der Waals surface area contributed by atoms with Crippen molar-refractivity contribution < 1.29 is 38.4 Å². The third-order valence-corrected chi connectivity index (χ3v) is 4.02. The summed E-state index contributed by atoms with van der Waals surface area (Å²) >= 11 is 0. The first-order valence-electron chi connectivity index (χ1n) is 8.60. The zero-order chi connectivity index (χ0) is 19.8. The smallest absolute Gasteiger partial charge is 0.412 e. The molecule has 0 saturated carbocycles. The Kier molecular flexibility index (Phi) is 7.27. The SMILES string of the molecule is CCN(C(=O)OCOC(=O)CCC(=O)O)C(C)Cc1ccc2c(c1)OCO2. The predicted molar refractivity (Wildman–Crippen MR) is 92.4 cm³/mol. The minimum atomic E-state index is -1.10. The van der Waals surface area contributed by atoms with Crippen LogP contribution in [0.1, 0.15) is 32.3 Å². The fourth-order valence-electron chi connectivity index (χ4n) is 2.65. The highest BCUT2D eigenvalue weighted by Gasteiger charge is 2.22. The van der Waals surface area contributed by atoms with Crippen LogP contribution in [0.2, 0.25) is 0 Å². The number of aliphatic carboxylic acids is 1. The molecular weight excluding hydrogens is 358 g/mol. The lowest BCUT2D eigenvalue weighted by atomic mass is 10.1. The van der Waals surface area contributed by atoms with Gasteiger partial charge in [-0.15, -0.1) is 0 Å². The van der Waals surface area contributed by atoms with E-state index < -0.39 is 24.8 Å². The Balaban J connectivity index is 1.81. The van der Waals surface area contributed by atoms with Crippen molar-refractivity contribution in [3.63, 3.8) is 0 Å². The van der Waals surface area contributed by atoms with Crippen LogP contribution in [-0.2, 0) is 25.5 Å². The number of hydrogen-bond acceptors (Lipinski definition) is 7. The van der Waals surface area contributed by atoms with Crippen molar-refractivity contribution in [1.29, 1.82) is 0 Å². The fraction of sp³-hybridized carbons (Fsp3) is 0.500. The number of carboxylic acids is 1. The molecule has 1 aliphatic rings. The van der Waals surface area contributed by atoms with Gasteiger partial charge in [-0.05, 0) is 38.0 Å². The quantitative estimate of drug-likeness (QED) is 0.512. The van der Waals surface area contributed by atoms with Gasteiger partial charge in [0.05, 0.1) is 12.8 Å². The molecule has 9 nitrogen and oxygen atoms in total. The molecule has 1 aromatic rings. The molecular formula is C18H23NO8. The van der Waals surface area contributed by atoms with E-state index >= 15 is 0 Å². The first kappa shape index (κ1) is 20.3. The molecule has 1 amide bonds. The number of carboxylic acid groups (broad SMARTS) is 1. The van der Waals surface area contributed by atoms with Crippen LogP contribution in [0.4, 0.5) is 4.79 Å². The van der Waals surface area contributed by atoms with E-state index in [0.29, 0.717) is 24.5 Å². The van der Waals surface area contributed by atoms with Crippen LogP contribution in [0.5, 0.6) is 11.5 Å². The molecule has 2 rings (SSSR count). The van der Waals surface area contributed by atoms with Crippen LogP contribution in [0.15, 0.2) is 18.2 Å². The number of likely N-dealkylation sites (N-methyl/N-ethyl adjacent to an activating group) is 1. The van der Waals surface area contributed by atoms with Gasteiger partial charge in [0, 0.05) is 12.6 Å². The van der Waals surface area contributed by atoms with Gasteiger partial charge >= 0.3 is 18.0 Å². The molecule has 0 spiro atoms. The summed E-state index contributed by atoms with van der Waals surface area (Å²) in [6, 6.07) is 5.45. The molecule has 1 atom stereocenters. The van der Waals surface area contributed by atoms with Crippen molar-refractivity contribution in [3.05, 3.63) is 23.8 Å². The van der Waals surface area contributed by atoms with E-state index in [1.807, 2.05) is 32.0 Å². The lowest BCUT2D eigenvalue weighted by Gasteiger charge is -2.27. The molecule has 1 aromatic carbocycles. The second-order valence-electron chi connectivity index (χ2n) is 5.96. The van der Waals surface area contributed by atoms with Gasteiger partial charge in [0.15, 0.2) is 11.5 Å². The van der Waals surface area contributed by atoms with Crippen LogP contribution in [-0.4, -0.2) is 54.2 Å². The summed E-state index contributed by atoms with van der Waals surface area (Å²) in [5, 5.41) is 8.50. The van der Waals surface area contributed by atoms with Crippen molar-refractivity contribution >= 4 is 18.0 Å². The van der Waals surface area contributed by atoms with Gasteiger partial charge in [0.2, 0.25) is 13.6 Å². The zero-order valence-corrected chi connectivity index (χ0v) is 15.3. The normalized spacial score (nSPS) is 13.0. The van der Waals surface area contributed by atoms with Crippen LogP contribution < -0.4 is 9.47 Å². The van der Waals surface area contributed by atoms with E-state index in [-0.39, 0.29) is 25.7 Å². The van der Waals surface area contributed by atoms with E-state index in [1.54, 1.807) is 0 Å². The molecule has 1 unspecified atom stereocenters. The van der Waals surface area contributed by atoms with Crippen LogP contribution in [0, 0.1) is 0 Å². The summed E-state index contributed by atoms with van der Waals surface area (Å²) in [6.07, 6.45) is -0.639. The molecule has 1 N–H and O–H groups in total. The average Bonchev–Trinajstić information content (AvgIpc) is 3.08. The predicted octanol–water partition coefficient (Wildman–Crippen LogP) is 2.17. The topological polar surface area (TPSA) is 112 Å². The number of fused-ring (bicyclic) bond motifs is 1. The number of benzene rings is 1. The Bertz CT molecular complexity index is 690. The van der Waals surface area contributed by atoms with E-state index in [0.717, 1.165) is 5.56 Å². The van der Waals surface area contributed by atoms with Gasteiger partial charge in [-0.25, -0.2) is 4.79 Å². The maximum atomic E-state index is 12.2. The third-order valence-electron chi connectivity index (χ3n) is 4.02. The number of rotatable bonds is 9. The second-order valence-corrected chi connectivity index (χ2v) is 5.96. The number of hydrogen-bond donors (Lipinski definition) is 1. The van der Waals surface area contributed by atoms with E-state index in [1.165, 1.54) is 4.90 Å². The Hall–Kier alpha value is -2.97. The summed E-state index contributed by atoms with van der Waals surface area (Å²) in [6.45, 7) is 3.76. The highest BCUT2D eigenvalue weighted by Crippen LogP contribution is 2.33. The molecule has 0 fully saturated rings. The molecule has 0 saturated heterocycles. The van der Waals surface area contributed by atoms with E-state index in [4.69, 9.17) is 24.1 Å². The van der Waals surface area contributed by atoms with Gasteiger partial charge in [-0.3, -0.25) is 9.59 Å². The van der Waals surface area contributed by atoms with Gasteiger partial charge in [0.1, 0.15) is 0 Å². The standard InChI is InChI=1S/C18H23NO8/c1-3-19(18(23)27-11-26-17(22)7-6-16(20)21)12(2)8-13-4-5-14-15(9-13)25-10-24-14/h4-5,9,12H,3,6-8,10-11H2,1-2H3,(H,20,21). The van der Waals surface area contributed by atoms with Gasteiger partial charge < -0.3 is 29.0 Å². The largest absolute Gasteiger partial charge is 0.481 e. The van der Waals surface area contributed by atoms with E-state index in [2.05, 4.69) is 0 Å². The fourth-order valence-corrected chi connectivity index (χ4v) is 2.65. The molecule has 1 heterocycles. The molecule has 1 aliphatic heterocycles. The molecule has 0 radical (unpaired) electrons. The third kappa shape index (κ3) is 6.05. The lowest BCUT2D eigenvalue weighted by Crippen LogP contribution is -2.40. The Morgan fingerprint density at radius 3 is 2.63 bits per heavy atom. The van der Waals surface area contributed by atoms with Crippen LogP contribution in [0.25, 0.3) is 0 Å². The molecule has 148 valence electrons. The average molecular weight is 381 g/mol. The highest BCUT2D eigenvalue weighted by atomic mass is 16.7. The summed E-state index contributed by atoms with van der Waals surface area (Å²) in [5.74, 6) is -0.457. The monoisotopic (exact) mass is 381 g/mol. The Labute approximate surface area is 156 Å². The van der Waals surface area contributed by atoms with Crippen molar-refractivity contribution in [2.45, 2.75) is 39.2 Å². The Morgan fingerprint density at radius 1 is 1.19 bits per heavy atom. The van der Waals surface area contributed by atoms with E-state index in [9.17, 15) is 14.4 Å². The number of ether oxygens (including phenoxy) is 4. The molecule has 0 aromatic heterocycles. The number of carbonyl (C=O) groups is 3. The second kappa shape index (κ2) is 9.65. The molecule has 27 heavy (non-hydrogen) atoms. The van der Waals surface area contributed by atoms with Crippen molar-refractivity contribution in [1.82, 2.24) is 4.90 Å². The number of nitrogens with zero attached hydrogens (tertiary/aromatic N) is 1.